The minimum absolute atomic E-state index is 0.129. The highest BCUT2D eigenvalue weighted by Gasteiger charge is 2.14. The molecule has 0 radical (unpaired) electrons. The Hall–Kier alpha value is -1.52. The highest BCUT2D eigenvalue weighted by Crippen LogP contribution is 2.26. The van der Waals surface area contributed by atoms with Crippen molar-refractivity contribution in [2.24, 2.45) is 0 Å². The molecule has 1 aromatic carbocycles. The van der Waals surface area contributed by atoms with Gasteiger partial charge in [-0.15, -0.1) is 12.5 Å². The molecule has 0 aliphatic heterocycles. The summed E-state index contributed by atoms with van der Waals surface area (Å²) in [4.78, 5) is 0. The largest absolute Gasteiger partial charge is 0.360 e. The maximum Gasteiger partial charge on any atom is 0.143 e. The summed E-state index contributed by atoms with van der Waals surface area (Å²) in [5.41, 5.74) is 4.99. The summed E-state index contributed by atoms with van der Waals surface area (Å²) in [6.45, 7) is 12.6. The average molecular weight is 242 g/mol. The fourth-order valence-corrected chi connectivity index (χ4v) is 2.20. The van der Waals surface area contributed by atoms with Crippen molar-refractivity contribution in [3.8, 4) is 11.8 Å². The second-order valence-corrected chi connectivity index (χ2v) is 4.53. The SMILES string of the molecule is C=CCCOC(C#CC)c1c(C)cc(C)cc1C. The first-order chi connectivity index (χ1) is 8.60. The van der Waals surface area contributed by atoms with E-state index in [1.54, 1.807) is 0 Å². The molecule has 0 heterocycles. The molecular weight excluding hydrogens is 220 g/mol. The second kappa shape index (κ2) is 7.03. The van der Waals surface area contributed by atoms with Gasteiger partial charge < -0.3 is 4.74 Å². The lowest BCUT2D eigenvalue weighted by molar-refractivity contribution is 0.0948. The molecular formula is C17H22O. The van der Waals surface area contributed by atoms with Gasteiger partial charge in [-0.2, -0.15) is 0 Å². The van der Waals surface area contributed by atoms with Gasteiger partial charge >= 0.3 is 0 Å². The third-order valence-corrected chi connectivity index (χ3v) is 2.88. The van der Waals surface area contributed by atoms with Gasteiger partial charge in [0, 0.05) is 0 Å². The van der Waals surface area contributed by atoms with Crippen LogP contribution in [0.3, 0.4) is 0 Å². The number of ether oxygens (including phenoxy) is 1. The monoisotopic (exact) mass is 242 g/mol. The van der Waals surface area contributed by atoms with Crippen molar-refractivity contribution in [3.05, 3.63) is 47.0 Å². The van der Waals surface area contributed by atoms with E-state index in [0.29, 0.717) is 6.61 Å². The van der Waals surface area contributed by atoms with E-state index in [9.17, 15) is 0 Å². The fourth-order valence-electron chi connectivity index (χ4n) is 2.20. The molecule has 0 N–H and O–H groups in total. The number of benzene rings is 1. The average Bonchev–Trinajstić information content (AvgIpc) is 2.28. The second-order valence-electron chi connectivity index (χ2n) is 4.53. The summed E-state index contributed by atoms with van der Waals surface area (Å²) in [5, 5.41) is 0. The summed E-state index contributed by atoms with van der Waals surface area (Å²) in [6, 6.07) is 4.37. The first kappa shape index (κ1) is 14.5. The zero-order valence-corrected chi connectivity index (χ0v) is 11.8. The van der Waals surface area contributed by atoms with E-state index in [2.05, 4.69) is 51.3 Å². The summed E-state index contributed by atoms with van der Waals surface area (Å²) >= 11 is 0. The van der Waals surface area contributed by atoms with E-state index in [4.69, 9.17) is 4.74 Å². The predicted molar refractivity (Wildman–Crippen MR) is 77.6 cm³/mol. The van der Waals surface area contributed by atoms with Crippen LogP contribution in [-0.2, 0) is 4.74 Å². The summed E-state index contributed by atoms with van der Waals surface area (Å²) in [6.07, 6.45) is 2.59. The summed E-state index contributed by atoms with van der Waals surface area (Å²) in [5.74, 6) is 6.11. The molecule has 18 heavy (non-hydrogen) atoms. The normalized spacial score (nSPS) is 11.6. The van der Waals surface area contributed by atoms with Crippen molar-refractivity contribution >= 4 is 0 Å². The topological polar surface area (TPSA) is 9.23 Å². The van der Waals surface area contributed by atoms with E-state index in [1.807, 2.05) is 13.0 Å². The number of hydrogen-bond acceptors (Lipinski definition) is 1. The molecule has 1 atom stereocenters. The van der Waals surface area contributed by atoms with E-state index in [0.717, 1.165) is 6.42 Å². The Morgan fingerprint density at radius 2 is 1.89 bits per heavy atom. The third-order valence-electron chi connectivity index (χ3n) is 2.88. The van der Waals surface area contributed by atoms with E-state index >= 15 is 0 Å². The van der Waals surface area contributed by atoms with E-state index < -0.39 is 0 Å². The fraction of sp³-hybridized carbons (Fsp3) is 0.412. The van der Waals surface area contributed by atoms with Crippen LogP contribution in [0.1, 0.15) is 41.7 Å². The van der Waals surface area contributed by atoms with Gasteiger partial charge in [0.25, 0.3) is 0 Å². The third kappa shape index (κ3) is 3.75. The maximum atomic E-state index is 5.87. The predicted octanol–water partition coefficient (Wildman–Crippen LogP) is 4.27. The van der Waals surface area contributed by atoms with Crippen LogP contribution in [0.4, 0.5) is 0 Å². The van der Waals surface area contributed by atoms with Crippen molar-refractivity contribution in [1.82, 2.24) is 0 Å². The van der Waals surface area contributed by atoms with Crippen LogP contribution >= 0.6 is 0 Å². The van der Waals surface area contributed by atoms with Crippen LogP contribution < -0.4 is 0 Å². The van der Waals surface area contributed by atoms with Gasteiger partial charge in [0.2, 0.25) is 0 Å². The van der Waals surface area contributed by atoms with Gasteiger partial charge in [-0.3, -0.25) is 0 Å². The molecule has 0 bridgehead atoms. The van der Waals surface area contributed by atoms with Gasteiger partial charge in [0.15, 0.2) is 0 Å². The molecule has 1 unspecified atom stereocenters. The molecule has 1 heteroatoms. The zero-order chi connectivity index (χ0) is 13.5. The van der Waals surface area contributed by atoms with E-state index in [1.165, 1.54) is 22.3 Å². The van der Waals surface area contributed by atoms with Crippen molar-refractivity contribution in [1.29, 1.82) is 0 Å². The summed E-state index contributed by atoms with van der Waals surface area (Å²) < 4.78 is 5.87. The van der Waals surface area contributed by atoms with Gasteiger partial charge in [0.05, 0.1) is 6.61 Å². The molecule has 96 valence electrons. The molecule has 1 nitrogen and oxygen atoms in total. The molecule has 1 aromatic rings. The molecule has 0 saturated carbocycles. The highest BCUT2D eigenvalue weighted by molar-refractivity contribution is 5.41. The van der Waals surface area contributed by atoms with Crippen molar-refractivity contribution < 1.29 is 4.74 Å². The Morgan fingerprint density at radius 1 is 1.28 bits per heavy atom. The van der Waals surface area contributed by atoms with Crippen LogP contribution in [0.15, 0.2) is 24.8 Å². The van der Waals surface area contributed by atoms with Crippen LogP contribution in [0.2, 0.25) is 0 Å². The molecule has 0 aliphatic rings. The van der Waals surface area contributed by atoms with Crippen molar-refractivity contribution in [3.63, 3.8) is 0 Å². The molecule has 0 aliphatic carbocycles. The van der Waals surface area contributed by atoms with Crippen molar-refractivity contribution in [2.45, 2.75) is 40.2 Å². The van der Waals surface area contributed by atoms with Crippen LogP contribution in [-0.4, -0.2) is 6.61 Å². The van der Waals surface area contributed by atoms with Crippen LogP contribution in [0, 0.1) is 32.6 Å². The lowest BCUT2D eigenvalue weighted by Gasteiger charge is -2.18. The summed E-state index contributed by atoms with van der Waals surface area (Å²) in [7, 11) is 0. The minimum Gasteiger partial charge on any atom is -0.360 e. The Morgan fingerprint density at radius 3 is 2.39 bits per heavy atom. The number of hydrogen-bond donors (Lipinski definition) is 0. The van der Waals surface area contributed by atoms with Gasteiger partial charge in [-0.05, 0) is 50.8 Å². The lowest BCUT2D eigenvalue weighted by atomic mass is 9.95. The lowest BCUT2D eigenvalue weighted by Crippen LogP contribution is -2.07. The Balaban J connectivity index is 3.04. The number of aryl methyl sites for hydroxylation is 3. The van der Waals surface area contributed by atoms with Crippen molar-refractivity contribution in [2.75, 3.05) is 6.61 Å². The highest BCUT2D eigenvalue weighted by atomic mass is 16.5. The molecule has 1 rings (SSSR count). The van der Waals surface area contributed by atoms with Crippen LogP contribution in [0.5, 0.6) is 0 Å². The molecule has 0 amide bonds. The quantitative estimate of drug-likeness (QED) is 0.425. The molecule has 0 saturated heterocycles. The molecule has 0 spiro atoms. The molecule has 0 aromatic heterocycles. The smallest absolute Gasteiger partial charge is 0.143 e. The first-order valence-corrected chi connectivity index (χ1v) is 6.32. The van der Waals surface area contributed by atoms with Crippen LogP contribution in [0.25, 0.3) is 0 Å². The van der Waals surface area contributed by atoms with E-state index in [-0.39, 0.29) is 6.10 Å². The maximum absolute atomic E-state index is 5.87. The van der Waals surface area contributed by atoms with Gasteiger partial charge in [0.1, 0.15) is 6.10 Å². The zero-order valence-electron chi connectivity index (χ0n) is 11.8. The molecule has 0 fully saturated rings. The number of rotatable bonds is 5. The Labute approximate surface area is 111 Å². The minimum atomic E-state index is -0.129. The standard InChI is InChI=1S/C17H22O/c1-6-8-10-18-16(9-7-2)17-14(4)11-13(3)12-15(17)5/h6,11-12,16H,1,8,10H2,2-5H3. The Bertz CT molecular complexity index is 451. The first-order valence-electron chi connectivity index (χ1n) is 6.32. The van der Waals surface area contributed by atoms with Gasteiger partial charge in [-0.1, -0.05) is 29.7 Å². The Kier molecular flexibility index (Phi) is 5.68. The van der Waals surface area contributed by atoms with Gasteiger partial charge in [-0.25, -0.2) is 0 Å².